The van der Waals surface area contributed by atoms with E-state index in [1.165, 1.54) is 0 Å². The van der Waals surface area contributed by atoms with E-state index in [1.54, 1.807) is 0 Å². The lowest BCUT2D eigenvalue weighted by Gasteiger charge is -2.06. The van der Waals surface area contributed by atoms with Crippen molar-refractivity contribution < 1.29 is 14.3 Å². The van der Waals surface area contributed by atoms with Crippen LogP contribution in [0.5, 0.6) is 0 Å². The molecule has 0 bridgehead atoms. The van der Waals surface area contributed by atoms with Crippen molar-refractivity contribution in [3.8, 4) is 0 Å². The van der Waals surface area contributed by atoms with Gasteiger partial charge in [-0.25, -0.2) is 0 Å². The van der Waals surface area contributed by atoms with E-state index >= 15 is 0 Å². The predicted molar refractivity (Wildman–Crippen MR) is 132 cm³/mol. The SMILES string of the molecule is CCC=CCC=CCC=CCC=CCC=CCCCC(=O)NCCOCCOCCN. The zero-order chi connectivity index (χ0) is 22.7. The highest BCUT2D eigenvalue weighted by molar-refractivity contribution is 5.75. The lowest BCUT2D eigenvalue weighted by Crippen LogP contribution is -2.27. The number of nitrogens with two attached hydrogens (primary N) is 1. The first-order valence-corrected chi connectivity index (χ1v) is 11.7. The third-order valence-corrected chi connectivity index (χ3v) is 4.14. The fraction of sp³-hybridized carbons (Fsp3) is 0.577. The van der Waals surface area contributed by atoms with Crippen molar-refractivity contribution >= 4 is 5.91 Å². The fourth-order valence-corrected chi connectivity index (χ4v) is 2.51. The van der Waals surface area contributed by atoms with E-state index in [4.69, 9.17) is 15.2 Å². The number of carbonyl (C=O) groups is 1. The quantitative estimate of drug-likeness (QED) is 0.197. The Hall–Kier alpha value is -1.95. The smallest absolute Gasteiger partial charge is 0.220 e. The summed E-state index contributed by atoms with van der Waals surface area (Å²) in [6.45, 7) is 5.34. The Bertz CT molecular complexity index is 537. The second-order valence-electron chi connectivity index (χ2n) is 6.96. The molecule has 0 aliphatic carbocycles. The summed E-state index contributed by atoms with van der Waals surface area (Å²) >= 11 is 0. The van der Waals surface area contributed by atoms with Crippen molar-refractivity contribution in [3.63, 3.8) is 0 Å². The monoisotopic (exact) mass is 432 g/mol. The van der Waals surface area contributed by atoms with Gasteiger partial charge in [0.05, 0.1) is 26.4 Å². The van der Waals surface area contributed by atoms with E-state index in [9.17, 15) is 4.79 Å². The maximum atomic E-state index is 11.7. The van der Waals surface area contributed by atoms with Crippen LogP contribution in [0.3, 0.4) is 0 Å². The van der Waals surface area contributed by atoms with E-state index in [1.807, 2.05) is 0 Å². The van der Waals surface area contributed by atoms with Gasteiger partial charge in [-0.15, -0.1) is 0 Å². The van der Waals surface area contributed by atoms with Crippen molar-refractivity contribution in [1.82, 2.24) is 5.32 Å². The molecule has 0 aromatic heterocycles. The number of carbonyl (C=O) groups excluding carboxylic acids is 1. The minimum atomic E-state index is 0.0790. The number of rotatable bonds is 21. The van der Waals surface area contributed by atoms with Gasteiger partial charge in [0.25, 0.3) is 0 Å². The van der Waals surface area contributed by atoms with Crippen molar-refractivity contribution in [3.05, 3.63) is 60.8 Å². The van der Waals surface area contributed by atoms with E-state index in [0.29, 0.717) is 45.9 Å². The van der Waals surface area contributed by atoms with Gasteiger partial charge in [-0.3, -0.25) is 4.79 Å². The fourth-order valence-electron chi connectivity index (χ4n) is 2.51. The van der Waals surface area contributed by atoms with Crippen molar-refractivity contribution in [2.24, 2.45) is 5.73 Å². The van der Waals surface area contributed by atoms with E-state index in [-0.39, 0.29) is 5.91 Å². The highest BCUT2D eigenvalue weighted by Crippen LogP contribution is 1.99. The van der Waals surface area contributed by atoms with Gasteiger partial charge in [0, 0.05) is 19.5 Å². The molecule has 3 N–H and O–H groups in total. The van der Waals surface area contributed by atoms with Crippen LogP contribution in [0.4, 0.5) is 0 Å². The molecule has 0 atom stereocenters. The van der Waals surface area contributed by atoms with Gasteiger partial charge in [0.2, 0.25) is 5.91 Å². The molecule has 0 unspecified atom stereocenters. The zero-order valence-electron chi connectivity index (χ0n) is 19.5. The predicted octanol–water partition coefficient (Wildman–Crippen LogP) is 5.02. The highest BCUT2D eigenvalue weighted by Gasteiger charge is 1.99. The molecule has 0 radical (unpaired) electrons. The molecule has 0 aromatic carbocycles. The maximum Gasteiger partial charge on any atom is 0.220 e. The lowest BCUT2D eigenvalue weighted by atomic mass is 10.2. The number of nitrogens with one attached hydrogen (secondary N) is 1. The molecule has 0 saturated carbocycles. The second-order valence-corrected chi connectivity index (χ2v) is 6.96. The van der Waals surface area contributed by atoms with E-state index < -0.39 is 0 Å². The van der Waals surface area contributed by atoms with Crippen LogP contribution in [0, 0.1) is 0 Å². The number of unbranched alkanes of at least 4 members (excludes halogenated alkanes) is 1. The second kappa shape index (κ2) is 26.1. The summed E-state index contributed by atoms with van der Waals surface area (Å²) in [6.07, 6.45) is 29.3. The molecule has 0 rings (SSSR count). The Morgan fingerprint density at radius 2 is 1.26 bits per heavy atom. The van der Waals surface area contributed by atoms with Gasteiger partial charge < -0.3 is 20.5 Å². The van der Waals surface area contributed by atoms with Crippen LogP contribution in [0.25, 0.3) is 0 Å². The van der Waals surface area contributed by atoms with Gasteiger partial charge >= 0.3 is 0 Å². The Morgan fingerprint density at radius 1 is 0.742 bits per heavy atom. The molecule has 0 fully saturated rings. The summed E-state index contributed by atoms with van der Waals surface area (Å²) in [5.74, 6) is 0.0790. The number of amides is 1. The molecule has 31 heavy (non-hydrogen) atoms. The number of ether oxygens (including phenoxy) is 2. The van der Waals surface area contributed by atoms with Crippen LogP contribution < -0.4 is 11.1 Å². The summed E-state index contributed by atoms with van der Waals surface area (Å²) in [4.78, 5) is 11.7. The summed E-state index contributed by atoms with van der Waals surface area (Å²) in [5, 5.41) is 2.87. The molecule has 0 saturated heterocycles. The summed E-state index contributed by atoms with van der Waals surface area (Å²) in [7, 11) is 0. The molecule has 5 nitrogen and oxygen atoms in total. The third kappa shape index (κ3) is 26.0. The van der Waals surface area contributed by atoms with Crippen LogP contribution in [-0.4, -0.2) is 45.4 Å². The molecule has 0 aromatic rings. The normalized spacial score (nSPS) is 12.5. The zero-order valence-corrected chi connectivity index (χ0v) is 19.5. The number of hydrogen-bond acceptors (Lipinski definition) is 4. The number of hydrogen-bond donors (Lipinski definition) is 2. The molecular weight excluding hydrogens is 388 g/mol. The molecule has 0 heterocycles. The van der Waals surface area contributed by atoms with Gasteiger partial charge in [-0.1, -0.05) is 67.7 Å². The van der Waals surface area contributed by atoms with Crippen LogP contribution in [0.1, 0.15) is 58.3 Å². The summed E-state index contributed by atoms with van der Waals surface area (Å²) < 4.78 is 10.6. The van der Waals surface area contributed by atoms with Gasteiger partial charge in [0.15, 0.2) is 0 Å². The average molecular weight is 433 g/mol. The molecule has 5 heteroatoms. The number of allylic oxidation sites excluding steroid dienone is 10. The Balaban J connectivity index is 3.45. The van der Waals surface area contributed by atoms with Crippen LogP contribution in [0.15, 0.2) is 60.8 Å². The molecular formula is C26H44N2O3. The Kier molecular flexibility index (Phi) is 24.4. The van der Waals surface area contributed by atoms with Crippen molar-refractivity contribution in [1.29, 1.82) is 0 Å². The summed E-state index contributed by atoms with van der Waals surface area (Å²) in [5.41, 5.74) is 5.32. The third-order valence-electron chi connectivity index (χ3n) is 4.14. The minimum absolute atomic E-state index is 0.0790. The van der Waals surface area contributed by atoms with E-state index in [2.05, 4.69) is 73.0 Å². The standard InChI is InChI=1S/C26H44N2O3/c1-2-3-4-5-6-7-8-9-10-11-12-13-14-15-16-17-18-19-26(29)28-21-23-31-25-24-30-22-20-27/h3-4,6-7,9-10,12-13,15-16H,2,5,8,11,14,17-25,27H2,1H3,(H,28,29). The first-order valence-electron chi connectivity index (χ1n) is 11.7. The first-order chi connectivity index (χ1) is 15.3. The highest BCUT2D eigenvalue weighted by atomic mass is 16.5. The Labute approximate surface area is 190 Å². The molecule has 0 aliphatic heterocycles. The molecule has 0 aliphatic rings. The van der Waals surface area contributed by atoms with Crippen molar-refractivity contribution in [2.45, 2.75) is 58.3 Å². The van der Waals surface area contributed by atoms with E-state index in [0.717, 1.165) is 44.9 Å². The van der Waals surface area contributed by atoms with Crippen LogP contribution in [-0.2, 0) is 14.3 Å². The first kappa shape index (κ1) is 29.1. The van der Waals surface area contributed by atoms with Gasteiger partial charge in [0.1, 0.15) is 0 Å². The topological polar surface area (TPSA) is 73.6 Å². The van der Waals surface area contributed by atoms with Gasteiger partial charge in [-0.05, 0) is 44.9 Å². The van der Waals surface area contributed by atoms with Crippen LogP contribution >= 0.6 is 0 Å². The molecule has 0 spiro atoms. The maximum absolute atomic E-state index is 11.7. The molecule has 1 amide bonds. The van der Waals surface area contributed by atoms with Crippen molar-refractivity contribution in [2.75, 3.05) is 39.5 Å². The largest absolute Gasteiger partial charge is 0.378 e. The molecule has 176 valence electrons. The lowest BCUT2D eigenvalue weighted by molar-refractivity contribution is -0.121. The average Bonchev–Trinajstić information content (AvgIpc) is 2.77. The van der Waals surface area contributed by atoms with Crippen LogP contribution in [0.2, 0.25) is 0 Å². The van der Waals surface area contributed by atoms with Gasteiger partial charge in [-0.2, -0.15) is 0 Å². The summed E-state index contributed by atoms with van der Waals surface area (Å²) in [6, 6.07) is 0. The Morgan fingerprint density at radius 3 is 1.81 bits per heavy atom. The minimum Gasteiger partial charge on any atom is -0.378 e.